The summed E-state index contributed by atoms with van der Waals surface area (Å²) in [5.41, 5.74) is 5.11. The van der Waals surface area contributed by atoms with Gasteiger partial charge >= 0.3 is 0 Å². The van der Waals surface area contributed by atoms with Crippen molar-refractivity contribution in [1.82, 2.24) is 5.32 Å². The van der Waals surface area contributed by atoms with Gasteiger partial charge in [-0.2, -0.15) is 0 Å². The van der Waals surface area contributed by atoms with Gasteiger partial charge in [-0.25, -0.2) is 9.59 Å². The summed E-state index contributed by atoms with van der Waals surface area (Å²) < 4.78 is 0. The maximum Gasteiger partial charge on any atom is 0.259 e. The van der Waals surface area contributed by atoms with Crippen molar-refractivity contribution in [2.75, 3.05) is 0 Å². The zero-order chi connectivity index (χ0) is 21.8. The van der Waals surface area contributed by atoms with Crippen LogP contribution >= 0.6 is 0 Å². The first-order chi connectivity index (χ1) is 15.1. The molecule has 0 aromatic heterocycles. The number of nitrogens with one attached hydrogen (secondary N) is 1. The van der Waals surface area contributed by atoms with Crippen molar-refractivity contribution in [2.24, 2.45) is 0 Å². The fraction of sp³-hybridized carbons (Fsp3) is 0.0769. The monoisotopic (exact) mass is 407 g/mol. The number of fused-ring (bicyclic) bond motifs is 1. The molecule has 1 aromatic carbocycles. The average molecular weight is 407 g/mol. The van der Waals surface area contributed by atoms with Crippen molar-refractivity contribution < 1.29 is 19.2 Å². The highest BCUT2D eigenvalue weighted by atomic mass is 16.2. The van der Waals surface area contributed by atoms with Gasteiger partial charge in [0.2, 0.25) is 0 Å². The van der Waals surface area contributed by atoms with E-state index in [1.165, 1.54) is 0 Å². The first-order valence-corrected chi connectivity index (χ1v) is 9.71. The molecule has 1 aliphatic heterocycles. The Bertz CT molecular complexity index is 1280. The first-order valence-electron chi connectivity index (χ1n) is 9.71. The fourth-order valence-corrected chi connectivity index (χ4v) is 3.48. The molecule has 0 radical (unpaired) electrons. The molecule has 2 amide bonds. The Morgan fingerprint density at radius 1 is 0.742 bits per heavy atom. The molecular formula is C26H17NO4. The molecule has 2 aliphatic carbocycles. The van der Waals surface area contributed by atoms with E-state index in [0.717, 1.165) is 16.7 Å². The van der Waals surface area contributed by atoms with Crippen LogP contribution in [0.5, 0.6) is 0 Å². The second-order valence-corrected chi connectivity index (χ2v) is 7.22. The highest BCUT2D eigenvalue weighted by Crippen LogP contribution is 2.26. The molecule has 0 saturated heterocycles. The molecule has 1 heterocycles. The molecule has 1 N–H and O–H groups in total. The SMILES string of the molecule is O=C=C1C=CC(C=Cc2cc(C=CC3=CCC(=C=O)C=C3)c3c(c2)C(=O)NC3=O)=CC1. The number of allylic oxidation sites excluding steroid dienone is 12. The fourth-order valence-electron chi connectivity index (χ4n) is 3.48. The number of hydrogen-bond acceptors (Lipinski definition) is 4. The Morgan fingerprint density at radius 3 is 1.90 bits per heavy atom. The van der Waals surface area contributed by atoms with E-state index in [9.17, 15) is 19.2 Å². The lowest BCUT2D eigenvalue weighted by atomic mass is 9.96. The van der Waals surface area contributed by atoms with Crippen LogP contribution in [0, 0.1) is 0 Å². The first kappa shape index (κ1) is 20.0. The van der Waals surface area contributed by atoms with Gasteiger partial charge in [0.1, 0.15) is 11.9 Å². The van der Waals surface area contributed by atoms with Crippen molar-refractivity contribution in [2.45, 2.75) is 12.8 Å². The summed E-state index contributed by atoms with van der Waals surface area (Å²) in [6.45, 7) is 0. The van der Waals surface area contributed by atoms with Crippen molar-refractivity contribution >= 4 is 35.8 Å². The largest absolute Gasteiger partial charge is 0.288 e. The molecule has 0 unspecified atom stereocenters. The van der Waals surface area contributed by atoms with Gasteiger partial charge in [-0.3, -0.25) is 14.9 Å². The summed E-state index contributed by atoms with van der Waals surface area (Å²) in [6, 6.07) is 3.53. The molecule has 0 bridgehead atoms. The van der Waals surface area contributed by atoms with Crippen LogP contribution in [0.2, 0.25) is 0 Å². The lowest BCUT2D eigenvalue weighted by Gasteiger charge is -2.06. The summed E-state index contributed by atoms with van der Waals surface area (Å²) >= 11 is 0. The lowest BCUT2D eigenvalue weighted by Crippen LogP contribution is -2.20. The minimum absolute atomic E-state index is 0.338. The summed E-state index contributed by atoms with van der Waals surface area (Å²) in [7, 11) is 0. The zero-order valence-electron chi connectivity index (χ0n) is 16.5. The maximum atomic E-state index is 12.3. The Balaban J connectivity index is 1.66. The Kier molecular flexibility index (Phi) is 5.55. The summed E-state index contributed by atoms with van der Waals surface area (Å²) in [5.74, 6) is 2.94. The zero-order valence-corrected chi connectivity index (χ0v) is 16.5. The average Bonchev–Trinajstić information content (AvgIpc) is 3.10. The third kappa shape index (κ3) is 4.34. The van der Waals surface area contributed by atoms with Gasteiger partial charge < -0.3 is 0 Å². The smallest absolute Gasteiger partial charge is 0.259 e. The van der Waals surface area contributed by atoms with Gasteiger partial charge in [-0.1, -0.05) is 48.6 Å². The van der Waals surface area contributed by atoms with E-state index in [1.807, 2.05) is 54.4 Å². The number of benzene rings is 1. The van der Waals surface area contributed by atoms with E-state index >= 15 is 0 Å². The number of amides is 2. The highest BCUT2D eigenvalue weighted by Gasteiger charge is 2.29. The van der Waals surface area contributed by atoms with Crippen LogP contribution in [-0.4, -0.2) is 23.7 Å². The van der Waals surface area contributed by atoms with Gasteiger partial charge in [0.15, 0.2) is 0 Å². The minimum Gasteiger partial charge on any atom is -0.288 e. The van der Waals surface area contributed by atoms with Crippen molar-refractivity contribution in [3.63, 3.8) is 0 Å². The third-order valence-corrected chi connectivity index (χ3v) is 5.14. The van der Waals surface area contributed by atoms with Crippen LogP contribution in [0.25, 0.3) is 12.2 Å². The van der Waals surface area contributed by atoms with Crippen LogP contribution in [0.1, 0.15) is 44.7 Å². The molecule has 5 heteroatoms. The van der Waals surface area contributed by atoms with Crippen molar-refractivity contribution in [1.29, 1.82) is 0 Å². The number of imide groups is 1. The quantitative estimate of drug-likeness (QED) is 0.607. The van der Waals surface area contributed by atoms with E-state index in [-0.39, 0.29) is 0 Å². The van der Waals surface area contributed by atoms with Crippen LogP contribution in [0.4, 0.5) is 0 Å². The lowest BCUT2D eigenvalue weighted by molar-refractivity contribution is 0.0879. The predicted molar refractivity (Wildman–Crippen MR) is 118 cm³/mol. The van der Waals surface area contributed by atoms with Crippen LogP contribution in [0.15, 0.2) is 83.0 Å². The molecule has 0 fully saturated rings. The number of carbonyl (C=O) groups excluding carboxylic acids is 4. The molecule has 31 heavy (non-hydrogen) atoms. The molecule has 1 aromatic rings. The molecule has 0 spiro atoms. The third-order valence-electron chi connectivity index (χ3n) is 5.14. The van der Waals surface area contributed by atoms with E-state index in [2.05, 4.69) is 5.32 Å². The van der Waals surface area contributed by atoms with E-state index in [4.69, 9.17) is 0 Å². The van der Waals surface area contributed by atoms with Crippen LogP contribution in [-0.2, 0) is 9.59 Å². The molecule has 3 aliphatic rings. The number of rotatable bonds is 4. The molecular weight excluding hydrogens is 390 g/mol. The number of carbonyl (C=O) groups is 2. The molecule has 150 valence electrons. The van der Waals surface area contributed by atoms with Crippen LogP contribution < -0.4 is 5.32 Å². The van der Waals surface area contributed by atoms with E-state index < -0.39 is 11.8 Å². The molecule has 5 nitrogen and oxygen atoms in total. The summed E-state index contributed by atoms with van der Waals surface area (Å²) in [5, 5.41) is 2.35. The Labute approximate surface area is 178 Å². The Hall–Kier alpha value is -4.30. The van der Waals surface area contributed by atoms with Gasteiger partial charge in [-0.15, -0.1) is 0 Å². The topological polar surface area (TPSA) is 80.3 Å². The van der Waals surface area contributed by atoms with E-state index in [1.54, 1.807) is 30.4 Å². The standard InChI is InChI=1S/C26H17NO4/c28-15-19-6-1-17(2-7-19)5-10-21-13-22(24-23(14-21)25(30)27-26(24)31)12-11-18-3-8-20(16-29)9-4-18/h1-6,8,10-14H,7,9H2,(H,27,30,31). The molecule has 4 rings (SSSR count). The normalized spacial score (nSPS) is 17.5. The van der Waals surface area contributed by atoms with Gasteiger partial charge in [0, 0.05) is 24.0 Å². The second kappa shape index (κ2) is 8.60. The Morgan fingerprint density at radius 2 is 1.35 bits per heavy atom. The second-order valence-electron chi connectivity index (χ2n) is 7.22. The predicted octanol–water partition coefficient (Wildman–Crippen LogP) is 3.89. The summed E-state index contributed by atoms with van der Waals surface area (Å²) in [4.78, 5) is 45.9. The van der Waals surface area contributed by atoms with Gasteiger partial charge in [0.25, 0.3) is 11.8 Å². The highest BCUT2D eigenvalue weighted by molar-refractivity contribution is 6.23. The van der Waals surface area contributed by atoms with Gasteiger partial charge in [-0.05, 0) is 46.6 Å². The van der Waals surface area contributed by atoms with Crippen molar-refractivity contribution in [3.05, 3.63) is 105 Å². The maximum absolute atomic E-state index is 12.3. The minimum atomic E-state index is -0.417. The number of hydrogen-bond donors (Lipinski definition) is 1. The molecule has 0 atom stereocenters. The van der Waals surface area contributed by atoms with Gasteiger partial charge in [0.05, 0.1) is 11.1 Å². The van der Waals surface area contributed by atoms with Crippen molar-refractivity contribution in [3.8, 4) is 0 Å². The van der Waals surface area contributed by atoms with Crippen LogP contribution in [0.3, 0.4) is 0 Å². The molecule has 0 saturated carbocycles. The summed E-state index contributed by atoms with van der Waals surface area (Å²) in [6.07, 6.45) is 19.3. The van der Waals surface area contributed by atoms with E-state index in [0.29, 0.717) is 40.7 Å².